The van der Waals surface area contributed by atoms with E-state index in [4.69, 9.17) is 0 Å². The highest BCUT2D eigenvalue weighted by Crippen LogP contribution is 2.38. The molecule has 0 radical (unpaired) electrons. The molecular formula is C22H28FN3. The molecule has 3 nitrogen and oxygen atoms in total. The van der Waals surface area contributed by atoms with E-state index < -0.39 is 0 Å². The zero-order valence-electron chi connectivity index (χ0n) is 15.4. The van der Waals surface area contributed by atoms with Gasteiger partial charge in [0.25, 0.3) is 0 Å². The molecule has 0 bridgehead atoms. The summed E-state index contributed by atoms with van der Waals surface area (Å²) in [4.78, 5) is 6.77. The van der Waals surface area contributed by atoms with Crippen molar-refractivity contribution in [3.05, 3.63) is 65.7 Å². The Bertz CT molecular complexity index is 703. The maximum atomic E-state index is 13.2. The van der Waals surface area contributed by atoms with Crippen LogP contribution >= 0.6 is 0 Å². The molecule has 26 heavy (non-hydrogen) atoms. The van der Waals surface area contributed by atoms with Crippen molar-refractivity contribution in [3.63, 3.8) is 0 Å². The highest BCUT2D eigenvalue weighted by molar-refractivity contribution is 5.23. The van der Waals surface area contributed by atoms with Gasteiger partial charge in [-0.1, -0.05) is 24.6 Å². The Morgan fingerprint density at radius 1 is 1.12 bits per heavy atom. The SMILES string of the molecule is CN1CC[C@@H](CN[C@H]2CCC[C@@H]2c2ccc(F)cc2)[C@@H]1c1cccnc1. The molecule has 4 heteroatoms. The fraction of sp³-hybridized carbons (Fsp3) is 0.500. The van der Waals surface area contributed by atoms with Crippen LogP contribution in [0, 0.1) is 11.7 Å². The van der Waals surface area contributed by atoms with Gasteiger partial charge in [0.15, 0.2) is 0 Å². The van der Waals surface area contributed by atoms with Gasteiger partial charge >= 0.3 is 0 Å². The van der Waals surface area contributed by atoms with Gasteiger partial charge in [0.1, 0.15) is 5.82 Å². The van der Waals surface area contributed by atoms with Crippen molar-refractivity contribution < 1.29 is 4.39 Å². The topological polar surface area (TPSA) is 28.2 Å². The molecule has 0 spiro atoms. The summed E-state index contributed by atoms with van der Waals surface area (Å²) in [5, 5.41) is 3.87. The van der Waals surface area contributed by atoms with Crippen molar-refractivity contribution >= 4 is 0 Å². The Morgan fingerprint density at radius 3 is 2.73 bits per heavy atom. The summed E-state index contributed by atoms with van der Waals surface area (Å²) >= 11 is 0. The van der Waals surface area contributed by atoms with E-state index in [-0.39, 0.29) is 5.82 Å². The molecule has 1 aromatic carbocycles. The molecule has 1 N–H and O–H groups in total. The van der Waals surface area contributed by atoms with E-state index in [0.717, 1.165) is 13.1 Å². The van der Waals surface area contributed by atoms with Crippen LogP contribution in [0.1, 0.15) is 48.8 Å². The predicted octanol–water partition coefficient (Wildman–Crippen LogP) is 4.14. The molecule has 2 heterocycles. The lowest BCUT2D eigenvalue weighted by Crippen LogP contribution is -2.36. The number of halogens is 1. The Kier molecular flexibility index (Phi) is 5.32. The van der Waals surface area contributed by atoms with E-state index >= 15 is 0 Å². The minimum absolute atomic E-state index is 0.149. The number of likely N-dealkylation sites (tertiary alicyclic amines) is 1. The summed E-state index contributed by atoms with van der Waals surface area (Å²) in [6.45, 7) is 2.17. The first-order valence-electron chi connectivity index (χ1n) is 9.81. The Labute approximate surface area is 155 Å². The quantitative estimate of drug-likeness (QED) is 0.876. The third kappa shape index (κ3) is 3.67. The molecular weight excluding hydrogens is 325 g/mol. The van der Waals surface area contributed by atoms with Crippen LogP contribution in [0.3, 0.4) is 0 Å². The average Bonchev–Trinajstić information content (AvgIpc) is 3.28. The standard InChI is InChI=1S/C22H28FN3/c1-26-13-11-18(22(26)17-4-3-12-24-14-17)15-25-21-6-2-5-20(21)16-7-9-19(23)10-8-16/h3-4,7-10,12,14,18,20-22,25H,2,5-6,11,13,15H2,1H3/t18-,20+,21-,22-/m0/s1. The van der Waals surface area contributed by atoms with Crippen LogP contribution in [0.15, 0.2) is 48.8 Å². The zero-order valence-corrected chi connectivity index (χ0v) is 15.4. The number of rotatable bonds is 5. The summed E-state index contributed by atoms with van der Waals surface area (Å²) in [7, 11) is 2.22. The monoisotopic (exact) mass is 353 g/mol. The van der Waals surface area contributed by atoms with E-state index in [1.807, 2.05) is 30.6 Å². The summed E-state index contributed by atoms with van der Waals surface area (Å²) in [5.41, 5.74) is 2.59. The van der Waals surface area contributed by atoms with Gasteiger partial charge in [0.2, 0.25) is 0 Å². The molecule has 138 valence electrons. The van der Waals surface area contributed by atoms with E-state index in [1.165, 1.54) is 36.8 Å². The zero-order chi connectivity index (χ0) is 17.9. The molecule has 2 aromatic rings. The lowest BCUT2D eigenvalue weighted by molar-refractivity contribution is 0.265. The van der Waals surface area contributed by atoms with Crippen molar-refractivity contribution in [1.82, 2.24) is 15.2 Å². The molecule has 4 rings (SSSR count). The van der Waals surface area contributed by atoms with Crippen LogP contribution in [0.4, 0.5) is 4.39 Å². The minimum atomic E-state index is -0.149. The number of pyridine rings is 1. The van der Waals surface area contributed by atoms with Crippen molar-refractivity contribution in [2.24, 2.45) is 5.92 Å². The summed E-state index contributed by atoms with van der Waals surface area (Å²) in [6.07, 6.45) is 8.73. The van der Waals surface area contributed by atoms with Crippen LogP contribution in [0.25, 0.3) is 0 Å². The largest absolute Gasteiger partial charge is 0.313 e. The van der Waals surface area contributed by atoms with Gasteiger partial charge in [-0.2, -0.15) is 0 Å². The van der Waals surface area contributed by atoms with Gasteiger partial charge in [0.05, 0.1) is 0 Å². The second-order valence-corrected chi connectivity index (χ2v) is 7.86. The number of nitrogens with one attached hydrogen (secondary N) is 1. The lowest BCUT2D eigenvalue weighted by atomic mass is 9.91. The Hall–Kier alpha value is -1.78. The molecule has 1 aliphatic carbocycles. The first-order valence-corrected chi connectivity index (χ1v) is 9.81. The van der Waals surface area contributed by atoms with Gasteiger partial charge in [0, 0.05) is 31.0 Å². The van der Waals surface area contributed by atoms with Crippen molar-refractivity contribution in [3.8, 4) is 0 Å². The molecule has 0 unspecified atom stereocenters. The molecule has 1 aromatic heterocycles. The Morgan fingerprint density at radius 2 is 1.96 bits per heavy atom. The van der Waals surface area contributed by atoms with E-state index in [9.17, 15) is 4.39 Å². The van der Waals surface area contributed by atoms with Gasteiger partial charge in [-0.15, -0.1) is 0 Å². The fourth-order valence-corrected chi connectivity index (χ4v) is 4.93. The third-order valence-electron chi connectivity index (χ3n) is 6.26. The average molecular weight is 353 g/mol. The first-order chi connectivity index (χ1) is 12.7. The van der Waals surface area contributed by atoms with E-state index in [0.29, 0.717) is 23.9 Å². The number of nitrogens with zero attached hydrogens (tertiary/aromatic N) is 2. The lowest BCUT2D eigenvalue weighted by Gasteiger charge is -2.28. The molecule has 1 saturated heterocycles. The Balaban J connectivity index is 1.42. The first kappa shape index (κ1) is 17.6. The molecule has 1 aliphatic heterocycles. The van der Waals surface area contributed by atoms with Crippen molar-refractivity contribution in [2.45, 2.75) is 43.7 Å². The van der Waals surface area contributed by atoms with Crippen LogP contribution < -0.4 is 5.32 Å². The number of aromatic nitrogens is 1. The van der Waals surface area contributed by atoms with Crippen LogP contribution in [-0.2, 0) is 0 Å². The molecule has 2 aliphatic rings. The number of hydrogen-bond acceptors (Lipinski definition) is 3. The second-order valence-electron chi connectivity index (χ2n) is 7.86. The number of hydrogen-bond donors (Lipinski definition) is 1. The van der Waals surface area contributed by atoms with Crippen LogP contribution in [0.2, 0.25) is 0 Å². The molecule has 0 amide bonds. The van der Waals surface area contributed by atoms with Gasteiger partial charge < -0.3 is 5.32 Å². The summed E-state index contributed by atoms with van der Waals surface area (Å²) in [6, 6.07) is 12.3. The van der Waals surface area contributed by atoms with E-state index in [2.05, 4.69) is 28.3 Å². The number of benzene rings is 1. The molecule has 1 saturated carbocycles. The minimum Gasteiger partial charge on any atom is -0.313 e. The summed E-state index contributed by atoms with van der Waals surface area (Å²) in [5.74, 6) is 0.967. The fourth-order valence-electron chi connectivity index (χ4n) is 4.93. The van der Waals surface area contributed by atoms with Crippen LogP contribution in [-0.4, -0.2) is 36.1 Å². The van der Waals surface area contributed by atoms with Gasteiger partial charge in [-0.25, -0.2) is 4.39 Å². The maximum Gasteiger partial charge on any atom is 0.123 e. The van der Waals surface area contributed by atoms with Gasteiger partial charge in [-0.3, -0.25) is 9.88 Å². The highest BCUT2D eigenvalue weighted by Gasteiger charge is 2.35. The van der Waals surface area contributed by atoms with Crippen LogP contribution in [0.5, 0.6) is 0 Å². The third-order valence-corrected chi connectivity index (χ3v) is 6.26. The van der Waals surface area contributed by atoms with Crippen molar-refractivity contribution in [2.75, 3.05) is 20.1 Å². The highest BCUT2D eigenvalue weighted by atomic mass is 19.1. The van der Waals surface area contributed by atoms with E-state index in [1.54, 1.807) is 12.1 Å². The predicted molar refractivity (Wildman–Crippen MR) is 102 cm³/mol. The second kappa shape index (κ2) is 7.85. The molecule has 2 fully saturated rings. The van der Waals surface area contributed by atoms with Crippen molar-refractivity contribution in [1.29, 1.82) is 0 Å². The summed E-state index contributed by atoms with van der Waals surface area (Å²) < 4.78 is 13.2. The maximum absolute atomic E-state index is 13.2. The normalized spacial score (nSPS) is 29.3. The smallest absolute Gasteiger partial charge is 0.123 e. The molecule has 4 atom stereocenters. The van der Waals surface area contributed by atoms with Gasteiger partial charge in [-0.05, 0) is 74.0 Å².